The summed E-state index contributed by atoms with van der Waals surface area (Å²) in [6.07, 6.45) is 4.77. The number of hydrogen-bond acceptors (Lipinski definition) is 5. The van der Waals surface area contributed by atoms with E-state index in [9.17, 15) is 0 Å². The second kappa shape index (κ2) is 5.35. The molecule has 1 unspecified atom stereocenters. The molecule has 0 saturated heterocycles. The zero-order valence-corrected chi connectivity index (χ0v) is 11.7. The summed E-state index contributed by atoms with van der Waals surface area (Å²) in [5, 5.41) is 4.37. The molecule has 0 fully saturated rings. The van der Waals surface area contributed by atoms with Crippen molar-refractivity contribution in [2.24, 2.45) is 0 Å². The lowest BCUT2D eigenvalue weighted by Gasteiger charge is -2.13. The molecule has 2 rings (SSSR count). The lowest BCUT2D eigenvalue weighted by Crippen LogP contribution is -2.09. The van der Waals surface area contributed by atoms with Gasteiger partial charge in [0.25, 0.3) is 0 Å². The lowest BCUT2D eigenvalue weighted by atomic mass is 10.2. The van der Waals surface area contributed by atoms with Crippen LogP contribution in [0, 0.1) is 6.92 Å². The van der Waals surface area contributed by atoms with E-state index < -0.39 is 0 Å². The van der Waals surface area contributed by atoms with Crippen LogP contribution in [-0.2, 0) is 6.42 Å². The monoisotopic (exact) mass is 262 g/mol. The summed E-state index contributed by atoms with van der Waals surface area (Å²) in [6.45, 7) is 6.18. The van der Waals surface area contributed by atoms with Crippen LogP contribution in [0.2, 0.25) is 0 Å². The van der Waals surface area contributed by atoms with Crippen LogP contribution in [0.1, 0.15) is 35.3 Å². The standard InChI is InChI=1S/C13H18N4S/c1-4-10-7-16-13(18-10)9(3)17-12-11(14)5-8(2)6-15-12/h5-7,9H,4,14H2,1-3H3,(H,15,17). The van der Waals surface area contributed by atoms with Crippen molar-refractivity contribution in [2.75, 3.05) is 11.1 Å². The van der Waals surface area contributed by atoms with E-state index in [1.54, 1.807) is 11.3 Å². The maximum atomic E-state index is 5.94. The maximum Gasteiger partial charge on any atom is 0.149 e. The molecule has 0 aliphatic rings. The molecule has 0 spiro atoms. The van der Waals surface area contributed by atoms with E-state index in [4.69, 9.17) is 5.73 Å². The summed E-state index contributed by atoms with van der Waals surface area (Å²) < 4.78 is 0. The molecule has 0 radical (unpaired) electrons. The van der Waals surface area contributed by atoms with E-state index in [0.717, 1.165) is 22.8 Å². The summed E-state index contributed by atoms with van der Waals surface area (Å²) in [5.41, 5.74) is 7.68. The number of nitrogens with zero attached hydrogens (tertiary/aromatic N) is 2. The number of aromatic nitrogens is 2. The number of anilines is 2. The van der Waals surface area contributed by atoms with Crippen molar-refractivity contribution >= 4 is 22.8 Å². The normalized spacial score (nSPS) is 12.4. The van der Waals surface area contributed by atoms with Crippen LogP contribution in [0.15, 0.2) is 18.5 Å². The molecule has 3 N–H and O–H groups in total. The third-order valence-corrected chi connectivity index (χ3v) is 4.02. The topological polar surface area (TPSA) is 63.8 Å². The number of thiazole rings is 1. The molecule has 4 nitrogen and oxygen atoms in total. The molecule has 0 aromatic carbocycles. The molecule has 2 aromatic heterocycles. The van der Waals surface area contributed by atoms with Crippen molar-refractivity contribution in [3.63, 3.8) is 0 Å². The lowest BCUT2D eigenvalue weighted by molar-refractivity contribution is 0.861. The first kappa shape index (κ1) is 12.8. The Hall–Kier alpha value is -1.62. The van der Waals surface area contributed by atoms with Gasteiger partial charge in [0, 0.05) is 17.3 Å². The number of pyridine rings is 1. The Morgan fingerprint density at radius 2 is 2.17 bits per heavy atom. The fraction of sp³-hybridized carbons (Fsp3) is 0.385. The van der Waals surface area contributed by atoms with Crippen LogP contribution in [0.3, 0.4) is 0 Å². The third kappa shape index (κ3) is 2.79. The molecular formula is C13H18N4S. The van der Waals surface area contributed by atoms with Crippen molar-refractivity contribution in [1.82, 2.24) is 9.97 Å². The first-order valence-electron chi connectivity index (χ1n) is 6.03. The number of aryl methyl sites for hydroxylation is 2. The molecule has 1 atom stereocenters. The van der Waals surface area contributed by atoms with Crippen molar-refractivity contribution in [2.45, 2.75) is 33.2 Å². The van der Waals surface area contributed by atoms with E-state index >= 15 is 0 Å². The van der Waals surface area contributed by atoms with Crippen LogP contribution >= 0.6 is 11.3 Å². The molecule has 18 heavy (non-hydrogen) atoms. The van der Waals surface area contributed by atoms with Crippen molar-refractivity contribution in [3.8, 4) is 0 Å². The summed E-state index contributed by atoms with van der Waals surface area (Å²) in [4.78, 5) is 10.0. The molecule has 0 saturated carbocycles. The van der Waals surface area contributed by atoms with Gasteiger partial charge in [-0.05, 0) is 31.9 Å². The van der Waals surface area contributed by atoms with Gasteiger partial charge in [-0.2, -0.15) is 0 Å². The van der Waals surface area contributed by atoms with Gasteiger partial charge >= 0.3 is 0 Å². The quantitative estimate of drug-likeness (QED) is 0.888. The molecule has 0 aliphatic heterocycles. The Bertz CT molecular complexity index is 536. The minimum atomic E-state index is 0.118. The summed E-state index contributed by atoms with van der Waals surface area (Å²) in [7, 11) is 0. The SMILES string of the molecule is CCc1cnc(C(C)Nc2ncc(C)cc2N)s1. The highest BCUT2D eigenvalue weighted by Crippen LogP contribution is 2.25. The van der Waals surface area contributed by atoms with Crippen LogP contribution in [0.5, 0.6) is 0 Å². The zero-order valence-electron chi connectivity index (χ0n) is 10.9. The van der Waals surface area contributed by atoms with Gasteiger partial charge in [-0.25, -0.2) is 9.97 Å². The number of nitrogen functional groups attached to an aromatic ring is 1. The minimum absolute atomic E-state index is 0.118. The van der Waals surface area contributed by atoms with Gasteiger partial charge in [-0.15, -0.1) is 11.3 Å². The highest BCUT2D eigenvalue weighted by atomic mass is 32.1. The Morgan fingerprint density at radius 3 is 2.78 bits per heavy atom. The zero-order chi connectivity index (χ0) is 13.1. The molecule has 0 aliphatic carbocycles. The summed E-state index contributed by atoms with van der Waals surface area (Å²) in [6, 6.07) is 2.04. The Kier molecular flexibility index (Phi) is 3.81. The van der Waals surface area contributed by atoms with Crippen molar-refractivity contribution < 1.29 is 0 Å². The van der Waals surface area contributed by atoms with Gasteiger partial charge in [0.15, 0.2) is 0 Å². The predicted molar refractivity (Wildman–Crippen MR) is 76.9 cm³/mol. The Labute approximate surface area is 111 Å². The maximum absolute atomic E-state index is 5.94. The molecule has 96 valence electrons. The number of nitrogens with one attached hydrogen (secondary N) is 1. The van der Waals surface area contributed by atoms with E-state index in [-0.39, 0.29) is 6.04 Å². The first-order chi connectivity index (χ1) is 8.60. The minimum Gasteiger partial charge on any atom is -0.396 e. The van der Waals surface area contributed by atoms with Gasteiger partial charge in [-0.1, -0.05) is 6.92 Å². The largest absolute Gasteiger partial charge is 0.396 e. The first-order valence-corrected chi connectivity index (χ1v) is 6.85. The van der Waals surface area contributed by atoms with Gasteiger partial charge < -0.3 is 11.1 Å². The highest BCUT2D eigenvalue weighted by molar-refractivity contribution is 7.11. The average Bonchev–Trinajstić information content (AvgIpc) is 2.81. The van der Waals surface area contributed by atoms with Crippen LogP contribution < -0.4 is 11.1 Å². The van der Waals surface area contributed by atoms with Gasteiger partial charge in [0.2, 0.25) is 0 Å². The predicted octanol–water partition coefficient (Wildman–Crippen LogP) is 3.16. The van der Waals surface area contributed by atoms with E-state index in [2.05, 4.69) is 29.1 Å². The smallest absolute Gasteiger partial charge is 0.149 e. The van der Waals surface area contributed by atoms with Crippen molar-refractivity contribution in [3.05, 3.63) is 33.9 Å². The fourth-order valence-corrected chi connectivity index (χ4v) is 2.52. The summed E-state index contributed by atoms with van der Waals surface area (Å²) >= 11 is 1.73. The second-order valence-electron chi connectivity index (χ2n) is 4.33. The molecule has 2 aromatic rings. The number of nitrogens with two attached hydrogens (primary N) is 1. The summed E-state index contributed by atoms with van der Waals surface area (Å²) in [5.74, 6) is 0.723. The van der Waals surface area contributed by atoms with Gasteiger partial charge in [0.1, 0.15) is 10.8 Å². The fourth-order valence-electron chi connectivity index (χ4n) is 1.67. The third-order valence-electron chi connectivity index (χ3n) is 2.70. The molecule has 0 bridgehead atoms. The average molecular weight is 262 g/mol. The molecule has 0 amide bonds. The molecule has 2 heterocycles. The van der Waals surface area contributed by atoms with E-state index in [1.165, 1.54) is 4.88 Å². The van der Waals surface area contributed by atoms with Crippen molar-refractivity contribution in [1.29, 1.82) is 0 Å². The van der Waals surface area contributed by atoms with Crippen LogP contribution in [0.25, 0.3) is 0 Å². The molecular weight excluding hydrogens is 244 g/mol. The van der Waals surface area contributed by atoms with Crippen LogP contribution in [-0.4, -0.2) is 9.97 Å². The van der Waals surface area contributed by atoms with E-state index in [1.807, 2.05) is 25.4 Å². The van der Waals surface area contributed by atoms with E-state index in [0.29, 0.717) is 5.69 Å². The van der Waals surface area contributed by atoms with Gasteiger partial charge in [0.05, 0.1) is 11.7 Å². The Balaban J connectivity index is 2.13. The highest BCUT2D eigenvalue weighted by Gasteiger charge is 2.12. The molecule has 5 heteroatoms. The van der Waals surface area contributed by atoms with Crippen LogP contribution in [0.4, 0.5) is 11.5 Å². The van der Waals surface area contributed by atoms with Gasteiger partial charge in [-0.3, -0.25) is 0 Å². The number of hydrogen-bond donors (Lipinski definition) is 2. The number of rotatable bonds is 4. The Morgan fingerprint density at radius 1 is 1.39 bits per heavy atom. The second-order valence-corrected chi connectivity index (χ2v) is 5.48.